The molecule has 0 unspecified atom stereocenters. The quantitative estimate of drug-likeness (QED) is 0.815. The maximum absolute atomic E-state index is 11.3. The molecule has 0 aliphatic carbocycles. The van der Waals surface area contributed by atoms with Crippen LogP contribution >= 0.6 is 23.1 Å². The fraction of sp³-hybridized carbons (Fsp3) is 0.300. The maximum Gasteiger partial charge on any atom is 0.346 e. The van der Waals surface area contributed by atoms with Crippen LogP contribution in [0, 0.1) is 0 Å². The normalized spacial score (nSPS) is 10.7. The Hall–Kier alpha value is -1.54. The Kier molecular flexibility index (Phi) is 3.87. The third-order valence-electron chi connectivity index (χ3n) is 2.34. The molecule has 6 nitrogen and oxygen atoms in total. The summed E-state index contributed by atoms with van der Waals surface area (Å²) in [7, 11) is 0. The molecule has 2 aromatic rings. The Morgan fingerprint density at radius 2 is 2.44 bits per heavy atom. The highest BCUT2D eigenvalue weighted by molar-refractivity contribution is 7.98. The molecule has 96 valence electrons. The summed E-state index contributed by atoms with van der Waals surface area (Å²) in [5.41, 5.74) is 0.499. The van der Waals surface area contributed by atoms with Crippen molar-refractivity contribution < 1.29 is 9.90 Å². The van der Waals surface area contributed by atoms with Crippen LogP contribution in [0.3, 0.4) is 0 Å². The lowest BCUT2D eigenvalue weighted by Gasteiger charge is -2.01. The van der Waals surface area contributed by atoms with E-state index in [0.717, 1.165) is 5.56 Å². The molecule has 0 fully saturated rings. The van der Waals surface area contributed by atoms with Crippen molar-refractivity contribution in [1.82, 2.24) is 14.8 Å². The number of nitrogens with zero attached hydrogens (tertiary/aromatic N) is 2. The summed E-state index contributed by atoms with van der Waals surface area (Å²) >= 11 is 2.54. The molecule has 0 radical (unpaired) electrons. The topological polar surface area (TPSA) is 88.0 Å². The zero-order valence-electron chi connectivity index (χ0n) is 9.54. The van der Waals surface area contributed by atoms with Gasteiger partial charge in [-0.05, 0) is 23.9 Å². The molecule has 0 atom stereocenters. The van der Waals surface area contributed by atoms with Crippen LogP contribution < -0.4 is 5.69 Å². The Labute approximate surface area is 111 Å². The van der Waals surface area contributed by atoms with E-state index in [4.69, 9.17) is 5.11 Å². The summed E-state index contributed by atoms with van der Waals surface area (Å²) in [4.78, 5) is 22.6. The van der Waals surface area contributed by atoms with Gasteiger partial charge in [0.1, 0.15) is 4.88 Å². The number of hydrogen-bond acceptors (Lipinski definition) is 5. The molecule has 0 aliphatic heterocycles. The molecule has 0 amide bonds. The fourth-order valence-corrected chi connectivity index (χ4v) is 3.33. The van der Waals surface area contributed by atoms with E-state index in [9.17, 15) is 9.59 Å². The number of hydrogen-bond donors (Lipinski definition) is 2. The van der Waals surface area contributed by atoms with E-state index in [1.807, 2.05) is 6.92 Å². The van der Waals surface area contributed by atoms with Gasteiger partial charge in [-0.25, -0.2) is 14.7 Å². The average molecular weight is 285 g/mol. The van der Waals surface area contributed by atoms with Crippen LogP contribution in [0.15, 0.2) is 21.4 Å². The third-order valence-corrected chi connectivity index (χ3v) is 4.31. The van der Waals surface area contributed by atoms with Gasteiger partial charge >= 0.3 is 11.7 Å². The number of carboxylic acids is 1. The summed E-state index contributed by atoms with van der Waals surface area (Å²) in [5, 5.41) is 17.6. The molecule has 0 bridgehead atoms. The van der Waals surface area contributed by atoms with Crippen LogP contribution in [0.4, 0.5) is 0 Å². The summed E-state index contributed by atoms with van der Waals surface area (Å²) in [5.74, 6) is -0.439. The number of nitrogens with one attached hydrogen (secondary N) is 1. The fourth-order valence-electron chi connectivity index (χ4n) is 1.47. The first-order valence-corrected chi connectivity index (χ1v) is 7.07. The predicted octanol–water partition coefficient (Wildman–Crippen LogP) is 1.64. The Morgan fingerprint density at radius 3 is 3.11 bits per heavy atom. The van der Waals surface area contributed by atoms with Gasteiger partial charge in [0.25, 0.3) is 0 Å². The van der Waals surface area contributed by atoms with Crippen LogP contribution in [0.5, 0.6) is 0 Å². The van der Waals surface area contributed by atoms with Crippen LogP contribution in [0.2, 0.25) is 0 Å². The molecule has 2 rings (SSSR count). The van der Waals surface area contributed by atoms with E-state index in [2.05, 4.69) is 10.2 Å². The number of carbonyl (C=O) groups is 1. The number of rotatable bonds is 5. The molecular formula is C10H11N3O3S2. The Bertz CT molecular complexity index is 614. The molecule has 0 spiro atoms. The summed E-state index contributed by atoms with van der Waals surface area (Å²) in [6.45, 7) is 2.39. The third kappa shape index (κ3) is 2.49. The highest BCUT2D eigenvalue weighted by atomic mass is 32.2. The smallest absolute Gasteiger partial charge is 0.346 e. The van der Waals surface area contributed by atoms with E-state index in [1.54, 1.807) is 11.4 Å². The van der Waals surface area contributed by atoms with Crippen molar-refractivity contribution in [3.8, 4) is 0 Å². The van der Waals surface area contributed by atoms with Crippen molar-refractivity contribution in [1.29, 1.82) is 0 Å². The van der Waals surface area contributed by atoms with Gasteiger partial charge in [0, 0.05) is 12.3 Å². The molecular weight excluding hydrogens is 274 g/mol. The van der Waals surface area contributed by atoms with E-state index >= 15 is 0 Å². The molecule has 0 aromatic carbocycles. The second-order valence-electron chi connectivity index (χ2n) is 3.42. The monoisotopic (exact) mass is 285 g/mol. The predicted molar refractivity (Wildman–Crippen MR) is 69.4 cm³/mol. The number of aromatic amines is 1. The molecule has 0 saturated carbocycles. The molecule has 2 N–H and O–H groups in total. The molecule has 2 heterocycles. The number of aromatic nitrogens is 3. The number of carboxylic acid groups (broad SMARTS) is 1. The van der Waals surface area contributed by atoms with Gasteiger partial charge in [-0.1, -0.05) is 11.8 Å². The van der Waals surface area contributed by atoms with Crippen LogP contribution in [0.25, 0.3) is 0 Å². The van der Waals surface area contributed by atoms with Gasteiger partial charge in [0.2, 0.25) is 0 Å². The SMILES string of the molecule is CCn1c(SCc2ccsc2C(=O)O)n[nH]c1=O. The lowest BCUT2D eigenvalue weighted by Crippen LogP contribution is -2.16. The van der Waals surface area contributed by atoms with Gasteiger partial charge in [-0.2, -0.15) is 0 Å². The van der Waals surface area contributed by atoms with Crippen LogP contribution in [-0.4, -0.2) is 25.8 Å². The molecule has 2 aromatic heterocycles. The largest absolute Gasteiger partial charge is 0.477 e. The van der Waals surface area contributed by atoms with Gasteiger partial charge in [-0.3, -0.25) is 4.57 Å². The number of thiophene rings is 1. The van der Waals surface area contributed by atoms with Gasteiger partial charge in [-0.15, -0.1) is 16.4 Å². The lowest BCUT2D eigenvalue weighted by atomic mass is 10.3. The number of H-pyrrole nitrogens is 1. The first-order chi connectivity index (χ1) is 8.63. The maximum atomic E-state index is 11.3. The van der Waals surface area contributed by atoms with Crippen molar-refractivity contribution in [2.24, 2.45) is 0 Å². The van der Waals surface area contributed by atoms with Crippen LogP contribution in [0.1, 0.15) is 22.2 Å². The van der Waals surface area contributed by atoms with E-state index in [0.29, 0.717) is 22.3 Å². The van der Waals surface area contributed by atoms with Crippen molar-refractivity contribution >= 4 is 29.1 Å². The summed E-state index contributed by atoms with van der Waals surface area (Å²) in [6.07, 6.45) is 0. The Balaban J connectivity index is 2.14. The van der Waals surface area contributed by atoms with E-state index in [1.165, 1.54) is 27.7 Å². The van der Waals surface area contributed by atoms with Crippen molar-refractivity contribution in [2.75, 3.05) is 0 Å². The minimum absolute atomic E-state index is 0.247. The Morgan fingerprint density at radius 1 is 1.67 bits per heavy atom. The zero-order valence-corrected chi connectivity index (χ0v) is 11.2. The molecule has 0 aliphatic rings. The molecule has 0 saturated heterocycles. The van der Waals surface area contributed by atoms with Crippen molar-refractivity contribution in [2.45, 2.75) is 24.4 Å². The van der Waals surface area contributed by atoms with Crippen LogP contribution in [-0.2, 0) is 12.3 Å². The molecule has 8 heteroatoms. The minimum atomic E-state index is -0.921. The first-order valence-electron chi connectivity index (χ1n) is 5.21. The second-order valence-corrected chi connectivity index (χ2v) is 5.28. The lowest BCUT2D eigenvalue weighted by molar-refractivity contribution is 0.0701. The summed E-state index contributed by atoms with van der Waals surface area (Å²) < 4.78 is 1.51. The number of thioether (sulfide) groups is 1. The standard InChI is InChI=1S/C10H11N3O3S2/c1-2-13-9(16)11-12-10(13)18-5-6-3-4-17-7(6)8(14)15/h3-4H,2,5H2,1H3,(H,11,16)(H,14,15). The highest BCUT2D eigenvalue weighted by Gasteiger charge is 2.13. The van der Waals surface area contributed by atoms with Crippen molar-refractivity contribution in [3.63, 3.8) is 0 Å². The highest BCUT2D eigenvalue weighted by Crippen LogP contribution is 2.25. The molecule has 18 heavy (non-hydrogen) atoms. The van der Waals surface area contributed by atoms with Crippen molar-refractivity contribution in [3.05, 3.63) is 32.4 Å². The van der Waals surface area contributed by atoms with Gasteiger partial charge in [0.15, 0.2) is 5.16 Å². The van der Waals surface area contributed by atoms with E-state index in [-0.39, 0.29) is 5.69 Å². The second kappa shape index (κ2) is 5.40. The van der Waals surface area contributed by atoms with Gasteiger partial charge in [0.05, 0.1) is 0 Å². The zero-order chi connectivity index (χ0) is 13.1. The van der Waals surface area contributed by atoms with E-state index < -0.39 is 5.97 Å². The number of aromatic carboxylic acids is 1. The first kappa shape index (κ1) is 12.9. The average Bonchev–Trinajstić information content (AvgIpc) is 2.92. The van der Waals surface area contributed by atoms with Gasteiger partial charge < -0.3 is 5.11 Å². The minimum Gasteiger partial charge on any atom is -0.477 e. The summed E-state index contributed by atoms with van der Waals surface area (Å²) in [6, 6.07) is 1.78.